The number of rotatable bonds is 5. The molecule has 90 valence electrons. The monoisotopic (exact) mass is 244 g/mol. The molecule has 1 heterocycles. The van der Waals surface area contributed by atoms with E-state index in [1.54, 1.807) is 13.0 Å². The van der Waals surface area contributed by atoms with Gasteiger partial charge in [-0.3, -0.25) is 4.79 Å². The molecule has 0 saturated heterocycles. The number of nitrogens with zero attached hydrogens (tertiary/aromatic N) is 1. The molecule has 0 aliphatic rings. The predicted octanol–water partition coefficient (Wildman–Crippen LogP) is 2.37. The van der Waals surface area contributed by atoms with E-state index in [1.807, 2.05) is 13.8 Å². The van der Waals surface area contributed by atoms with Crippen molar-refractivity contribution >= 4 is 17.5 Å². The second-order valence-corrected chi connectivity index (χ2v) is 4.51. The van der Waals surface area contributed by atoms with E-state index in [0.29, 0.717) is 17.5 Å². The lowest BCUT2D eigenvalue weighted by molar-refractivity contribution is 0.0887. The highest BCUT2D eigenvalue weighted by atomic mass is 35.5. The van der Waals surface area contributed by atoms with Crippen LogP contribution in [-0.2, 0) is 0 Å². The van der Waals surface area contributed by atoms with Crippen LogP contribution in [0.2, 0.25) is 0 Å². The second kappa shape index (κ2) is 5.89. The van der Waals surface area contributed by atoms with E-state index in [4.69, 9.17) is 16.1 Å². The quantitative estimate of drug-likeness (QED) is 0.809. The minimum atomic E-state index is -0.232. The molecule has 0 radical (unpaired) electrons. The largest absolute Gasteiger partial charge is 0.351 e. The SMILES string of the molecule is Cc1cc(C(=O)NC(CCCl)C(C)C)on1. The molecule has 1 amide bonds. The Morgan fingerprint density at radius 1 is 1.62 bits per heavy atom. The molecule has 0 saturated carbocycles. The molecule has 0 spiro atoms. The summed E-state index contributed by atoms with van der Waals surface area (Å²) < 4.78 is 4.89. The van der Waals surface area contributed by atoms with Crippen LogP contribution in [0.5, 0.6) is 0 Å². The molecule has 0 bridgehead atoms. The lowest BCUT2D eigenvalue weighted by Crippen LogP contribution is -2.38. The van der Waals surface area contributed by atoms with E-state index in [-0.39, 0.29) is 17.7 Å². The maximum Gasteiger partial charge on any atom is 0.290 e. The Kier molecular flexibility index (Phi) is 4.80. The predicted molar refractivity (Wildman–Crippen MR) is 62.7 cm³/mol. The van der Waals surface area contributed by atoms with Gasteiger partial charge in [-0.15, -0.1) is 11.6 Å². The summed E-state index contributed by atoms with van der Waals surface area (Å²) in [7, 11) is 0. The summed E-state index contributed by atoms with van der Waals surface area (Å²) in [6, 6.07) is 1.68. The molecular weight excluding hydrogens is 228 g/mol. The molecule has 16 heavy (non-hydrogen) atoms. The van der Waals surface area contributed by atoms with Crippen LogP contribution in [-0.4, -0.2) is 23.0 Å². The molecule has 0 fully saturated rings. The van der Waals surface area contributed by atoms with Crippen LogP contribution < -0.4 is 5.32 Å². The Bertz CT molecular complexity index is 350. The van der Waals surface area contributed by atoms with Crippen LogP contribution in [0, 0.1) is 12.8 Å². The standard InChI is InChI=1S/C11H17ClN2O2/c1-7(2)9(4-5-12)13-11(15)10-6-8(3)14-16-10/h6-7,9H,4-5H2,1-3H3,(H,13,15). The van der Waals surface area contributed by atoms with E-state index < -0.39 is 0 Å². The molecule has 0 aliphatic heterocycles. The van der Waals surface area contributed by atoms with Gasteiger partial charge >= 0.3 is 0 Å². The number of hydrogen-bond acceptors (Lipinski definition) is 3. The molecule has 1 aromatic heterocycles. The van der Waals surface area contributed by atoms with Crippen molar-refractivity contribution in [3.05, 3.63) is 17.5 Å². The van der Waals surface area contributed by atoms with Crippen molar-refractivity contribution in [2.24, 2.45) is 5.92 Å². The van der Waals surface area contributed by atoms with Gasteiger partial charge < -0.3 is 9.84 Å². The van der Waals surface area contributed by atoms with Gasteiger partial charge in [0.2, 0.25) is 5.76 Å². The van der Waals surface area contributed by atoms with Crippen molar-refractivity contribution in [3.63, 3.8) is 0 Å². The molecule has 1 unspecified atom stereocenters. The van der Waals surface area contributed by atoms with Crippen molar-refractivity contribution < 1.29 is 9.32 Å². The molecule has 1 N–H and O–H groups in total. The van der Waals surface area contributed by atoms with Gasteiger partial charge in [-0.2, -0.15) is 0 Å². The first-order valence-corrected chi connectivity index (χ1v) is 5.88. The zero-order chi connectivity index (χ0) is 12.1. The average Bonchev–Trinajstić information content (AvgIpc) is 2.64. The average molecular weight is 245 g/mol. The number of amides is 1. The van der Waals surface area contributed by atoms with Crippen molar-refractivity contribution in [2.45, 2.75) is 33.2 Å². The van der Waals surface area contributed by atoms with Gasteiger partial charge in [-0.1, -0.05) is 19.0 Å². The molecular formula is C11H17ClN2O2. The topological polar surface area (TPSA) is 55.1 Å². The van der Waals surface area contributed by atoms with Crippen molar-refractivity contribution in [1.29, 1.82) is 0 Å². The maximum absolute atomic E-state index is 11.8. The number of aryl methyl sites for hydroxylation is 1. The Labute approximate surface area is 100 Å². The first-order valence-electron chi connectivity index (χ1n) is 5.34. The van der Waals surface area contributed by atoms with Crippen molar-refractivity contribution in [2.75, 3.05) is 5.88 Å². The van der Waals surface area contributed by atoms with E-state index in [2.05, 4.69) is 10.5 Å². The summed E-state index contributed by atoms with van der Waals surface area (Å²) in [5, 5.41) is 6.56. The highest BCUT2D eigenvalue weighted by Gasteiger charge is 2.19. The van der Waals surface area contributed by atoms with Crippen LogP contribution in [0.25, 0.3) is 0 Å². The third kappa shape index (κ3) is 3.52. The summed E-state index contributed by atoms with van der Waals surface area (Å²) in [6.45, 7) is 5.87. The third-order valence-corrected chi connectivity index (χ3v) is 2.61. The van der Waals surface area contributed by atoms with Gasteiger partial charge in [-0.25, -0.2) is 0 Å². The summed E-state index contributed by atoms with van der Waals surface area (Å²) in [6.07, 6.45) is 0.748. The highest BCUT2D eigenvalue weighted by molar-refractivity contribution is 6.17. The first kappa shape index (κ1) is 13.0. The fourth-order valence-corrected chi connectivity index (χ4v) is 1.63. The summed E-state index contributed by atoms with van der Waals surface area (Å²) >= 11 is 5.69. The summed E-state index contributed by atoms with van der Waals surface area (Å²) in [4.78, 5) is 11.8. The summed E-state index contributed by atoms with van der Waals surface area (Å²) in [5.74, 6) is 0.882. The van der Waals surface area contributed by atoms with Crippen LogP contribution >= 0.6 is 11.6 Å². The van der Waals surface area contributed by atoms with Crippen LogP contribution in [0.1, 0.15) is 36.5 Å². The molecule has 1 aromatic rings. The van der Waals surface area contributed by atoms with Crippen LogP contribution in [0.3, 0.4) is 0 Å². The van der Waals surface area contributed by atoms with Gasteiger partial charge in [-0.05, 0) is 19.3 Å². The normalized spacial score (nSPS) is 12.8. The van der Waals surface area contributed by atoms with Crippen molar-refractivity contribution in [1.82, 2.24) is 10.5 Å². The molecule has 5 heteroatoms. The van der Waals surface area contributed by atoms with E-state index >= 15 is 0 Å². The number of carbonyl (C=O) groups is 1. The minimum absolute atomic E-state index is 0.0652. The number of halogens is 1. The minimum Gasteiger partial charge on any atom is -0.351 e. The first-order chi connectivity index (χ1) is 7.54. The number of carbonyl (C=O) groups excluding carboxylic acids is 1. The molecule has 0 aromatic carbocycles. The van der Waals surface area contributed by atoms with Crippen LogP contribution in [0.15, 0.2) is 10.6 Å². The lowest BCUT2D eigenvalue weighted by Gasteiger charge is -2.20. The van der Waals surface area contributed by atoms with Crippen LogP contribution in [0.4, 0.5) is 0 Å². The van der Waals surface area contributed by atoms with Crippen molar-refractivity contribution in [3.8, 4) is 0 Å². The fraction of sp³-hybridized carbons (Fsp3) is 0.636. The third-order valence-electron chi connectivity index (χ3n) is 2.39. The zero-order valence-corrected chi connectivity index (χ0v) is 10.5. The van der Waals surface area contributed by atoms with Gasteiger partial charge in [0, 0.05) is 18.0 Å². The smallest absolute Gasteiger partial charge is 0.290 e. The molecule has 4 nitrogen and oxygen atoms in total. The van der Waals surface area contributed by atoms with E-state index in [0.717, 1.165) is 6.42 Å². The van der Waals surface area contributed by atoms with Gasteiger partial charge in [0.15, 0.2) is 0 Å². The van der Waals surface area contributed by atoms with Gasteiger partial charge in [0.05, 0.1) is 5.69 Å². The molecule has 1 atom stereocenters. The van der Waals surface area contributed by atoms with Gasteiger partial charge in [0.1, 0.15) is 0 Å². The lowest BCUT2D eigenvalue weighted by atomic mass is 10.0. The maximum atomic E-state index is 11.8. The number of nitrogens with one attached hydrogen (secondary N) is 1. The Morgan fingerprint density at radius 2 is 2.31 bits per heavy atom. The summed E-state index contributed by atoms with van der Waals surface area (Å²) in [5.41, 5.74) is 0.698. The highest BCUT2D eigenvalue weighted by Crippen LogP contribution is 2.09. The Balaban J connectivity index is 2.61. The Morgan fingerprint density at radius 3 is 2.75 bits per heavy atom. The number of aromatic nitrogens is 1. The molecule has 0 aliphatic carbocycles. The Hall–Kier alpha value is -1.03. The van der Waals surface area contributed by atoms with E-state index in [1.165, 1.54) is 0 Å². The number of hydrogen-bond donors (Lipinski definition) is 1. The van der Waals surface area contributed by atoms with Gasteiger partial charge in [0.25, 0.3) is 5.91 Å². The fourth-order valence-electron chi connectivity index (χ4n) is 1.40. The van der Waals surface area contributed by atoms with E-state index in [9.17, 15) is 4.79 Å². The molecule has 1 rings (SSSR count). The number of alkyl halides is 1. The zero-order valence-electron chi connectivity index (χ0n) is 9.79. The second-order valence-electron chi connectivity index (χ2n) is 4.13.